The Balaban J connectivity index is 1.54. The molecule has 0 fully saturated rings. The SMILES string of the molecule is Cc1ccc(NCc2nnc(SCC(=O)Nc3cccc(C)c3C)n2C)cc1. The zero-order valence-corrected chi connectivity index (χ0v) is 17.4. The average molecular weight is 396 g/mol. The van der Waals surface area contributed by atoms with Gasteiger partial charge >= 0.3 is 0 Å². The number of aromatic nitrogens is 3. The van der Waals surface area contributed by atoms with Gasteiger partial charge in [0.05, 0.1) is 12.3 Å². The highest BCUT2D eigenvalue weighted by molar-refractivity contribution is 7.99. The third-order valence-electron chi connectivity index (χ3n) is 4.64. The van der Waals surface area contributed by atoms with Crippen LogP contribution in [0.25, 0.3) is 0 Å². The van der Waals surface area contributed by atoms with E-state index in [1.165, 1.54) is 17.3 Å². The molecule has 3 aromatic rings. The number of carbonyl (C=O) groups is 1. The Kier molecular flexibility index (Phi) is 6.36. The van der Waals surface area contributed by atoms with Gasteiger partial charge in [0.2, 0.25) is 5.91 Å². The van der Waals surface area contributed by atoms with Crippen LogP contribution in [0.1, 0.15) is 22.5 Å². The van der Waals surface area contributed by atoms with Gasteiger partial charge in [0.15, 0.2) is 11.0 Å². The minimum absolute atomic E-state index is 0.0546. The molecular weight excluding hydrogens is 370 g/mol. The molecule has 1 amide bonds. The minimum Gasteiger partial charge on any atom is -0.378 e. The monoisotopic (exact) mass is 395 g/mol. The zero-order chi connectivity index (χ0) is 20.1. The van der Waals surface area contributed by atoms with Gasteiger partial charge in [-0.3, -0.25) is 4.79 Å². The lowest BCUT2D eigenvalue weighted by atomic mass is 10.1. The molecule has 0 unspecified atom stereocenters. The molecule has 1 heterocycles. The molecule has 0 bridgehead atoms. The van der Waals surface area contributed by atoms with Crippen LogP contribution in [0.2, 0.25) is 0 Å². The van der Waals surface area contributed by atoms with Crippen molar-refractivity contribution in [2.45, 2.75) is 32.5 Å². The van der Waals surface area contributed by atoms with Gasteiger partial charge in [-0.2, -0.15) is 0 Å². The first-order chi connectivity index (χ1) is 13.4. The summed E-state index contributed by atoms with van der Waals surface area (Å²) in [5.74, 6) is 1.05. The Bertz CT molecular complexity index is 965. The first-order valence-electron chi connectivity index (χ1n) is 9.11. The van der Waals surface area contributed by atoms with Crippen molar-refractivity contribution in [3.63, 3.8) is 0 Å². The summed E-state index contributed by atoms with van der Waals surface area (Å²) < 4.78 is 1.91. The molecule has 146 valence electrons. The van der Waals surface area contributed by atoms with E-state index < -0.39 is 0 Å². The molecule has 3 rings (SSSR count). The van der Waals surface area contributed by atoms with E-state index in [1.807, 2.05) is 55.8 Å². The van der Waals surface area contributed by atoms with Crippen LogP contribution >= 0.6 is 11.8 Å². The molecular formula is C21H25N5OS. The van der Waals surface area contributed by atoms with Crippen molar-refractivity contribution in [1.29, 1.82) is 0 Å². The van der Waals surface area contributed by atoms with Crippen molar-refractivity contribution in [1.82, 2.24) is 14.8 Å². The van der Waals surface area contributed by atoms with Crippen molar-refractivity contribution in [2.24, 2.45) is 7.05 Å². The maximum Gasteiger partial charge on any atom is 0.234 e. The van der Waals surface area contributed by atoms with E-state index >= 15 is 0 Å². The molecule has 28 heavy (non-hydrogen) atoms. The smallest absolute Gasteiger partial charge is 0.234 e. The third-order valence-corrected chi connectivity index (χ3v) is 5.66. The highest BCUT2D eigenvalue weighted by Gasteiger charge is 2.12. The number of amides is 1. The molecule has 2 N–H and O–H groups in total. The van der Waals surface area contributed by atoms with Crippen LogP contribution in [0.4, 0.5) is 11.4 Å². The van der Waals surface area contributed by atoms with E-state index in [4.69, 9.17) is 0 Å². The van der Waals surface area contributed by atoms with Crippen LogP contribution in [0, 0.1) is 20.8 Å². The molecule has 0 aliphatic rings. The second-order valence-corrected chi connectivity index (χ2v) is 7.70. The predicted molar refractivity (Wildman–Crippen MR) is 115 cm³/mol. The van der Waals surface area contributed by atoms with Crippen LogP contribution in [-0.2, 0) is 18.4 Å². The molecule has 0 spiro atoms. The predicted octanol–water partition coefficient (Wildman–Crippen LogP) is 4.08. The lowest BCUT2D eigenvalue weighted by Crippen LogP contribution is -2.15. The van der Waals surface area contributed by atoms with Crippen LogP contribution in [0.15, 0.2) is 47.6 Å². The summed E-state index contributed by atoms with van der Waals surface area (Å²) in [5, 5.41) is 15.5. The maximum atomic E-state index is 12.3. The summed E-state index contributed by atoms with van der Waals surface area (Å²) in [7, 11) is 1.91. The summed E-state index contributed by atoms with van der Waals surface area (Å²) in [6.45, 7) is 6.67. The molecule has 0 saturated carbocycles. The van der Waals surface area contributed by atoms with Gasteiger partial charge in [0, 0.05) is 18.4 Å². The van der Waals surface area contributed by atoms with Gasteiger partial charge in [-0.25, -0.2) is 0 Å². The van der Waals surface area contributed by atoms with Crippen LogP contribution in [-0.4, -0.2) is 26.4 Å². The van der Waals surface area contributed by atoms with Gasteiger partial charge in [-0.1, -0.05) is 41.6 Å². The number of rotatable bonds is 7. The lowest BCUT2D eigenvalue weighted by Gasteiger charge is -2.10. The minimum atomic E-state index is -0.0546. The highest BCUT2D eigenvalue weighted by Crippen LogP contribution is 2.20. The average Bonchev–Trinajstić information content (AvgIpc) is 3.03. The number of nitrogens with zero attached hydrogens (tertiary/aromatic N) is 3. The van der Waals surface area contributed by atoms with Gasteiger partial charge in [0.1, 0.15) is 0 Å². The van der Waals surface area contributed by atoms with Gasteiger partial charge in [-0.15, -0.1) is 10.2 Å². The molecule has 0 atom stereocenters. The van der Waals surface area contributed by atoms with E-state index in [2.05, 4.69) is 39.9 Å². The normalized spacial score (nSPS) is 10.7. The zero-order valence-electron chi connectivity index (χ0n) is 16.6. The van der Waals surface area contributed by atoms with E-state index in [9.17, 15) is 4.79 Å². The maximum absolute atomic E-state index is 12.3. The number of hydrogen-bond acceptors (Lipinski definition) is 5. The van der Waals surface area contributed by atoms with E-state index in [1.54, 1.807) is 0 Å². The Morgan fingerprint density at radius 2 is 1.82 bits per heavy atom. The standard InChI is InChI=1S/C21H25N5OS/c1-14-8-10-17(11-9-14)22-12-19-24-25-21(26(19)4)28-13-20(27)23-18-7-5-6-15(2)16(18)3/h5-11,22H,12-13H2,1-4H3,(H,23,27). The van der Waals surface area contributed by atoms with E-state index in [0.29, 0.717) is 6.54 Å². The van der Waals surface area contributed by atoms with Gasteiger partial charge < -0.3 is 15.2 Å². The fourth-order valence-corrected chi connectivity index (χ4v) is 3.41. The topological polar surface area (TPSA) is 71.8 Å². The summed E-state index contributed by atoms with van der Waals surface area (Å²) >= 11 is 1.38. The Hall–Kier alpha value is -2.80. The van der Waals surface area contributed by atoms with Crippen molar-refractivity contribution in [3.05, 3.63) is 65.0 Å². The molecule has 1 aromatic heterocycles. The lowest BCUT2D eigenvalue weighted by molar-refractivity contribution is -0.113. The Labute approximate surface area is 169 Å². The van der Waals surface area contributed by atoms with Crippen molar-refractivity contribution >= 4 is 29.0 Å². The number of carbonyl (C=O) groups excluding carboxylic acids is 1. The van der Waals surface area contributed by atoms with Crippen molar-refractivity contribution < 1.29 is 4.79 Å². The summed E-state index contributed by atoms with van der Waals surface area (Å²) in [5.41, 5.74) is 5.36. The fraction of sp³-hybridized carbons (Fsp3) is 0.286. The molecule has 0 aliphatic carbocycles. The summed E-state index contributed by atoms with van der Waals surface area (Å²) in [4.78, 5) is 12.3. The number of nitrogens with one attached hydrogen (secondary N) is 2. The molecule has 0 aliphatic heterocycles. The molecule has 6 nitrogen and oxygen atoms in total. The summed E-state index contributed by atoms with van der Waals surface area (Å²) in [6.07, 6.45) is 0. The number of benzene rings is 2. The first kappa shape index (κ1) is 19.9. The third kappa shape index (κ3) is 4.92. The van der Waals surface area contributed by atoms with Crippen LogP contribution < -0.4 is 10.6 Å². The Morgan fingerprint density at radius 1 is 1.07 bits per heavy atom. The number of aryl methyl sites for hydroxylation is 2. The summed E-state index contributed by atoms with van der Waals surface area (Å²) in [6, 6.07) is 14.1. The van der Waals surface area contributed by atoms with Crippen molar-refractivity contribution in [2.75, 3.05) is 16.4 Å². The van der Waals surface area contributed by atoms with E-state index in [-0.39, 0.29) is 11.7 Å². The fourth-order valence-electron chi connectivity index (χ4n) is 2.68. The van der Waals surface area contributed by atoms with Gasteiger partial charge in [-0.05, 0) is 50.1 Å². The largest absolute Gasteiger partial charge is 0.378 e. The first-order valence-corrected chi connectivity index (χ1v) is 10.1. The Morgan fingerprint density at radius 3 is 2.57 bits per heavy atom. The number of thioether (sulfide) groups is 1. The van der Waals surface area contributed by atoms with Crippen LogP contribution in [0.5, 0.6) is 0 Å². The second-order valence-electron chi connectivity index (χ2n) is 6.76. The molecule has 2 aromatic carbocycles. The van der Waals surface area contributed by atoms with Gasteiger partial charge in [0.25, 0.3) is 0 Å². The second kappa shape index (κ2) is 8.93. The molecule has 0 saturated heterocycles. The number of anilines is 2. The molecule has 7 heteroatoms. The van der Waals surface area contributed by atoms with Crippen LogP contribution in [0.3, 0.4) is 0 Å². The molecule has 0 radical (unpaired) electrons. The quantitative estimate of drug-likeness (QED) is 0.590. The highest BCUT2D eigenvalue weighted by atomic mass is 32.2. The van der Waals surface area contributed by atoms with Crippen molar-refractivity contribution in [3.8, 4) is 0 Å². The number of hydrogen-bond donors (Lipinski definition) is 2. The van der Waals surface area contributed by atoms with E-state index in [0.717, 1.165) is 33.5 Å².